The molecule has 0 radical (unpaired) electrons. The standard InChI is InChI=1S/C16H16ClNO/c1-19-16-7-6-13(17)8-12(16)10-14-9-11-4-2-3-5-15(11)18-14/h2-8,14,18H,9-10H2,1H3. The Balaban J connectivity index is 1.79. The number of methoxy groups -OCH3 is 1. The maximum absolute atomic E-state index is 6.07. The molecule has 1 heterocycles. The van der Waals surface area contributed by atoms with Crippen LogP contribution in [0.15, 0.2) is 42.5 Å². The summed E-state index contributed by atoms with van der Waals surface area (Å²) < 4.78 is 5.40. The maximum atomic E-state index is 6.07. The molecule has 3 rings (SSSR count). The third-order valence-corrected chi connectivity index (χ3v) is 3.79. The molecule has 0 saturated carbocycles. The van der Waals surface area contributed by atoms with E-state index in [9.17, 15) is 0 Å². The van der Waals surface area contributed by atoms with Crippen molar-refractivity contribution in [3.8, 4) is 5.75 Å². The van der Waals surface area contributed by atoms with Crippen LogP contribution in [0.1, 0.15) is 11.1 Å². The summed E-state index contributed by atoms with van der Waals surface area (Å²) in [6.07, 6.45) is 1.96. The van der Waals surface area contributed by atoms with E-state index in [-0.39, 0.29) is 0 Å². The van der Waals surface area contributed by atoms with Gasteiger partial charge in [-0.2, -0.15) is 0 Å². The highest BCUT2D eigenvalue weighted by molar-refractivity contribution is 6.30. The molecule has 2 aromatic carbocycles. The molecular weight excluding hydrogens is 258 g/mol. The number of benzene rings is 2. The number of rotatable bonds is 3. The zero-order valence-corrected chi connectivity index (χ0v) is 11.6. The molecule has 1 N–H and O–H groups in total. The number of ether oxygens (including phenoxy) is 1. The van der Waals surface area contributed by atoms with E-state index in [1.807, 2.05) is 18.2 Å². The van der Waals surface area contributed by atoms with Crippen molar-refractivity contribution in [3.63, 3.8) is 0 Å². The molecule has 1 aliphatic heterocycles. The molecule has 0 spiro atoms. The Labute approximate surface area is 118 Å². The second kappa shape index (κ2) is 5.14. The van der Waals surface area contributed by atoms with E-state index in [0.717, 1.165) is 29.2 Å². The fraction of sp³-hybridized carbons (Fsp3) is 0.250. The highest BCUT2D eigenvalue weighted by Crippen LogP contribution is 2.30. The van der Waals surface area contributed by atoms with Gasteiger partial charge in [0.05, 0.1) is 7.11 Å². The average molecular weight is 274 g/mol. The second-order valence-electron chi connectivity index (χ2n) is 4.86. The molecule has 3 heteroatoms. The predicted molar refractivity (Wildman–Crippen MR) is 79.3 cm³/mol. The monoisotopic (exact) mass is 273 g/mol. The lowest BCUT2D eigenvalue weighted by atomic mass is 10.0. The molecule has 0 aromatic heterocycles. The van der Waals surface area contributed by atoms with Crippen LogP contribution in [0, 0.1) is 0 Å². The van der Waals surface area contributed by atoms with Crippen LogP contribution in [0.4, 0.5) is 5.69 Å². The van der Waals surface area contributed by atoms with Crippen LogP contribution < -0.4 is 10.1 Å². The average Bonchev–Trinajstić information content (AvgIpc) is 2.81. The van der Waals surface area contributed by atoms with Gasteiger partial charge in [0.1, 0.15) is 5.75 Å². The summed E-state index contributed by atoms with van der Waals surface area (Å²) in [5.74, 6) is 0.905. The van der Waals surface area contributed by atoms with E-state index in [1.165, 1.54) is 11.3 Å². The van der Waals surface area contributed by atoms with Crippen LogP contribution in [-0.2, 0) is 12.8 Å². The minimum Gasteiger partial charge on any atom is -0.496 e. The molecule has 98 valence electrons. The van der Waals surface area contributed by atoms with Gasteiger partial charge in [-0.15, -0.1) is 0 Å². The summed E-state index contributed by atoms with van der Waals surface area (Å²) in [6, 6.07) is 14.6. The first-order valence-corrected chi connectivity index (χ1v) is 6.81. The Morgan fingerprint density at radius 2 is 2.11 bits per heavy atom. The lowest BCUT2D eigenvalue weighted by Crippen LogP contribution is -2.18. The SMILES string of the molecule is COc1ccc(Cl)cc1CC1Cc2ccccc2N1. The summed E-state index contributed by atoms with van der Waals surface area (Å²) >= 11 is 6.07. The van der Waals surface area contributed by atoms with Crippen molar-refractivity contribution in [2.45, 2.75) is 18.9 Å². The van der Waals surface area contributed by atoms with Gasteiger partial charge in [-0.25, -0.2) is 0 Å². The van der Waals surface area contributed by atoms with Crippen molar-refractivity contribution < 1.29 is 4.74 Å². The normalized spacial score (nSPS) is 16.8. The van der Waals surface area contributed by atoms with Gasteiger partial charge in [0.2, 0.25) is 0 Å². The fourth-order valence-corrected chi connectivity index (χ4v) is 2.87. The molecule has 0 bridgehead atoms. The molecule has 2 aromatic rings. The van der Waals surface area contributed by atoms with Crippen LogP contribution in [-0.4, -0.2) is 13.2 Å². The van der Waals surface area contributed by atoms with E-state index >= 15 is 0 Å². The molecular formula is C16H16ClNO. The van der Waals surface area contributed by atoms with E-state index in [1.54, 1.807) is 7.11 Å². The van der Waals surface area contributed by atoms with Gasteiger partial charge in [-0.05, 0) is 48.2 Å². The number of para-hydroxylation sites is 1. The van der Waals surface area contributed by atoms with Crippen LogP contribution in [0.5, 0.6) is 5.75 Å². The van der Waals surface area contributed by atoms with Gasteiger partial charge in [0.25, 0.3) is 0 Å². The van der Waals surface area contributed by atoms with Crippen molar-refractivity contribution >= 4 is 17.3 Å². The molecule has 1 atom stereocenters. The molecule has 0 saturated heterocycles. The quantitative estimate of drug-likeness (QED) is 0.915. The number of halogens is 1. The Morgan fingerprint density at radius 3 is 2.89 bits per heavy atom. The summed E-state index contributed by atoms with van der Waals surface area (Å²) in [5.41, 5.74) is 3.78. The molecule has 0 amide bonds. The third-order valence-electron chi connectivity index (χ3n) is 3.55. The second-order valence-corrected chi connectivity index (χ2v) is 5.30. The number of nitrogens with one attached hydrogen (secondary N) is 1. The fourth-order valence-electron chi connectivity index (χ4n) is 2.67. The molecule has 2 nitrogen and oxygen atoms in total. The molecule has 1 aliphatic rings. The highest BCUT2D eigenvalue weighted by atomic mass is 35.5. The van der Waals surface area contributed by atoms with Crippen LogP contribution in [0.2, 0.25) is 5.02 Å². The van der Waals surface area contributed by atoms with E-state index in [2.05, 4.69) is 29.6 Å². The summed E-state index contributed by atoms with van der Waals surface area (Å²) in [4.78, 5) is 0. The highest BCUT2D eigenvalue weighted by Gasteiger charge is 2.21. The van der Waals surface area contributed by atoms with Crippen molar-refractivity contribution in [2.24, 2.45) is 0 Å². The van der Waals surface area contributed by atoms with E-state index < -0.39 is 0 Å². The molecule has 0 aliphatic carbocycles. The number of hydrogen-bond donors (Lipinski definition) is 1. The van der Waals surface area contributed by atoms with Crippen molar-refractivity contribution in [2.75, 3.05) is 12.4 Å². The van der Waals surface area contributed by atoms with Crippen molar-refractivity contribution in [1.82, 2.24) is 0 Å². The van der Waals surface area contributed by atoms with Crippen molar-refractivity contribution in [1.29, 1.82) is 0 Å². The smallest absolute Gasteiger partial charge is 0.122 e. The van der Waals surface area contributed by atoms with Crippen LogP contribution >= 0.6 is 11.6 Å². The lowest BCUT2D eigenvalue weighted by molar-refractivity contribution is 0.408. The summed E-state index contributed by atoms with van der Waals surface area (Å²) in [7, 11) is 1.70. The maximum Gasteiger partial charge on any atom is 0.122 e. The minimum atomic E-state index is 0.407. The Kier molecular flexibility index (Phi) is 3.34. The zero-order valence-electron chi connectivity index (χ0n) is 10.8. The first-order chi connectivity index (χ1) is 9.26. The summed E-state index contributed by atoms with van der Waals surface area (Å²) in [6.45, 7) is 0. The Hall–Kier alpha value is -1.67. The first-order valence-electron chi connectivity index (χ1n) is 6.43. The summed E-state index contributed by atoms with van der Waals surface area (Å²) in [5, 5.41) is 4.31. The minimum absolute atomic E-state index is 0.407. The zero-order chi connectivity index (χ0) is 13.2. The number of anilines is 1. The van der Waals surface area contributed by atoms with Gasteiger partial charge < -0.3 is 10.1 Å². The molecule has 0 fully saturated rings. The number of fused-ring (bicyclic) bond motifs is 1. The molecule has 19 heavy (non-hydrogen) atoms. The Bertz CT molecular complexity index is 572. The first kappa shape index (κ1) is 12.4. The topological polar surface area (TPSA) is 21.3 Å². The van der Waals surface area contributed by atoms with Gasteiger partial charge >= 0.3 is 0 Å². The van der Waals surface area contributed by atoms with Gasteiger partial charge in [0, 0.05) is 16.8 Å². The van der Waals surface area contributed by atoms with Gasteiger partial charge in [-0.3, -0.25) is 0 Å². The van der Waals surface area contributed by atoms with Gasteiger partial charge in [-0.1, -0.05) is 29.8 Å². The third kappa shape index (κ3) is 2.54. The van der Waals surface area contributed by atoms with Crippen LogP contribution in [0.3, 0.4) is 0 Å². The van der Waals surface area contributed by atoms with Crippen LogP contribution in [0.25, 0.3) is 0 Å². The largest absolute Gasteiger partial charge is 0.496 e. The van der Waals surface area contributed by atoms with Crippen molar-refractivity contribution in [3.05, 3.63) is 58.6 Å². The Morgan fingerprint density at radius 1 is 1.26 bits per heavy atom. The number of hydrogen-bond acceptors (Lipinski definition) is 2. The van der Waals surface area contributed by atoms with E-state index in [4.69, 9.17) is 16.3 Å². The predicted octanol–water partition coefficient (Wildman–Crippen LogP) is 3.93. The molecule has 1 unspecified atom stereocenters. The van der Waals surface area contributed by atoms with Gasteiger partial charge in [0.15, 0.2) is 0 Å². The van der Waals surface area contributed by atoms with E-state index in [0.29, 0.717) is 6.04 Å². The lowest BCUT2D eigenvalue weighted by Gasteiger charge is -2.14.